The highest BCUT2D eigenvalue weighted by molar-refractivity contribution is 5.35. The molecule has 1 aromatic carbocycles. The Labute approximate surface area is 140 Å². The summed E-state index contributed by atoms with van der Waals surface area (Å²) < 4.78 is 25.7. The minimum atomic E-state index is -0.496. The maximum atomic E-state index is 14.5. The molecule has 1 aliphatic carbocycles. The van der Waals surface area contributed by atoms with E-state index in [1.807, 2.05) is 12.1 Å². The number of hydrogen-bond acceptors (Lipinski definition) is 5. The van der Waals surface area contributed by atoms with Crippen LogP contribution in [0.3, 0.4) is 0 Å². The molecule has 0 amide bonds. The smallest absolute Gasteiger partial charge is 0.256 e. The van der Waals surface area contributed by atoms with Crippen LogP contribution in [-0.4, -0.2) is 23.3 Å². The molecule has 1 saturated heterocycles. The fourth-order valence-electron chi connectivity index (χ4n) is 4.13. The molecule has 1 aromatic heterocycles. The number of rotatable bonds is 4. The topological polar surface area (TPSA) is 74.2 Å². The van der Waals surface area contributed by atoms with Crippen molar-refractivity contribution in [3.63, 3.8) is 0 Å². The quantitative estimate of drug-likeness (QED) is 0.932. The average molecular weight is 331 g/mol. The van der Waals surface area contributed by atoms with E-state index in [0.29, 0.717) is 30.4 Å². The Bertz CT molecular complexity index is 712. The summed E-state index contributed by atoms with van der Waals surface area (Å²) in [6, 6.07) is 6.91. The van der Waals surface area contributed by atoms with Crippen molar-refractivity contribution in [3.05, 3.63) is 47.4 Å². The second-order valence-electron chi connectivity index (χ2n) is 6.80. The van der Waals surface area contributed by atoms with Crippen LogP contribution in [0.1, 0.15) is 55.5 Å². The van der Waals surface area contributed by atoms with Crippen LogP contribution in [0.25, 0.3) is 0 Å². The Balaban J connectivity index is 1.72. The van der Waals surface area contributed by atoms with Crippen molar-refractivity contribution in [1.82, 2.24) is 10.1 Å². The van der Waals surface area contributed by atoms with Gasteiger partial charge in [-0.25, -0.2) is 4.39 Å². The molecule has 6 heteroatoms. The van der Waals surface area contributed by atoms with Crippen LogP contribution in [0, 0.1) is 11.7 Å². The van der Waals surface area contributed by atoms with Gasteiger partial charge in [0.1, 0.15) is 11.9 Å². The highest BCUT2D eigenvalue weighted by Crippen LogP contribution is 2.46. The van der Waals surface area contributed by atoms with Crippen LogP contribution in [0.4, 0.5) is 4.39 Å². The van der Waals surface area contributed by atoms with E-state index in [2.05, 4.69) is 10.1 Å². The van der Waals surface area contributed by atoms with Gasteiger partial charge in [0, 0.05) is 18.1 Å². The standard InChI is InChI=1S/C18H22FN3O2/c19-14-6-2-1-5-13(14)18(8-3-4-9-18)17-21-16(24-22-17)15-12(11-20)7-10-23-15/h1-2,5-6,12,15H,3-4,7-11,20H2/t12-,15-/m0/s1. The van der Waals surface area contributed by atoms with Crippen molar-refractivity contribution >= 4 is 0 Å². The van der Waals surface area contributed by atoms with Gasteiger partial charge in [0.05, 0.1) is 5.41 Å². The predicted octanol–water partition coefficient (Wildman–Crippen LogP) is 3.11. The Hall–Kier alpha value is -1.79. The molecule has 4 rings (SSSR count). The molecule has 0 bridgehead atoms. The molecule has 2 N–H and O–H groups in total. The Morgan fingerprint density at radius 2 is 2.04 bits per heavy atom. The molecule has 2 heterocycles. The van der Waals surface area contributed by atoms with E-state index in [1.54, 1.807) is 6.07 Å². The number of nitrogens with two attached hydrogens (primary N) is 1. The molecule has 5 nitrogen and oxygen atoms in total. The summed E-state index contributed by atoms with van der Waals surface area (Å²) in [7, 11) is 0. The van der Waals surface area contributed by atoms with Crippen LogP contribution in [-0.2, 0) is 10.2 Å². The van der Waals surface area contributed by atoms with Crippen molar-refractivity contribution in [2.75, 3.05) is 13.2 Å². The molecule has 128 valence electrons. The number of ether oxygens (including phenoxy) is 1. The third kappa shape index (κ3) is 2.45. The van der Waals surface area contributed by atoms with Gasteiger partial charge in [-0.3, -0.25) is 0 Å². The molecule has 2 aromatic rings. The van der Waals surface area contributed by atoms with Gasteiger partial charge in [-0.1, -0.05) is 36.2 Å². The summed E-state index contributed by atoms with van der Waals surface area (Å²) in [6.45, 7) is 1.18. The van der Waals surface area contributed by atoms with Crippen LogP contribution in [0.2, 0.25) is 0 Å². The van der Waals surface area contributed by atoms with Gasteiger partial charge < -0.3 is 15.0 Å². The van der Waals surface area contributed by atoms with Gasteiger partial charge in [0.15, 0.2) is 5.82 Å². The highest BCUT2D eigenvalue weighted by atomic mass is 19.1. The van der Waals surface area contributed by atoms with E-state index in [-0.39, 0.29) is 17.8 Å². The lowest BCUT2D eigenvalue weighted by Crippen LogP contribution is -2.27. The molecule has 2 atom stereocenters. The van der Waals surface area contributed by atoms with E-state index in [0.717, 1.165) is 32.1 Å². The minimum Gasteiger partial charge on any atom is -0.368 e. The minimum absolute atomic E-state index is 0.200. The Morgan fingerprint density at radius 3 is 2.79 bits per heavy atom. The number of benzene rings is 1. The van der Waals surface area contributed by atoms with Crippen molar-refractivity contribution in [2.24, 2.45) is 11.7 Å². The van der Waals surface area contributed by atoms with E-state index < -0.39 is 5.41 Å². The van der Waals surface area contributed by atoms with Gasteiger partial charge >= 0.3 is 0 Å². The molecule has 1 aliphatic heterocycles. The molecule has 0 spiro atoms. The number of halogens is 1. The monoisotopic (exact) mass is 331 g/mol. The summed E-state index contributed by atoms with van der Waals surface area (Å²) in [4.78, 5) is 4.64. The zero-order valence-electron chi connectivity index (χ0n) is 13.6. The van der Waals surface area contributed by atoms with Crippen molar-refractivity contribution in [1.29, 1.82) is 0 Å². The third-order valence-corrected chi connectivity index (χ3v) is 5.48. The largest absolute Gasteiger partial charge is 0.368 e. The SMILES string of the molecule is NC[C@@H]1CCO[C@@H]1c1nc(C2(c3ccccc3F)CCCC2)no1. The fraction of sp³-hybridized carbons (Fsp3) is 0.556. The Morgan fingerprint density at radius 1 is 1.25 bits per heavy atom. The zero-order chi connectivity index (χ0) is 16.6. The molecule has 1 saturated carbocycles. The summed E-state index contributed by atoms with van der Waals surface area (Å²) in [6.07, 6.45) is 4.39. The molecular formula is C18H22FN3O2. The first-order valence-corrected chi connectivity index (χ1v) is 8.65. The first-order chi connectivity index (χ1) is 11.7. The van der Waals surface area contributed by atoms with Crippen molar-refractivity contribution < 1.29 is 13.7 Å². The number of aromatic nitrogens is 2. The summed E-state index contributed by atoms with van der Waals surface area (Å²) in [5.74, 6) is 1.04. The van der Waals surface area contributed by atoms with Gasteiger partial charge in [0.25, 0.3) is 5.89 Å². The van der Waals surface area contributed by atoms with Gasteiger partial charge in [0.2, 0.25) is 0 Å². The highest BCUT2D eigenvalue weighted by Gasteiger charge is 2.44. The van der Waals surface area contributed by atoms with Crippen LogP contribution in [0.5, 0.6) is 0 Å². The van der Waals surface area contributed by atoms with Crippen molar-refractivity contribution in [2.45, 2.75) is 43.6 Å². The third-order valence-electron chi connectivity index (χ3n) is 5.48. The maximum Gasteiger partial charge on any atom is 0.256 e. The van der Waals surface area contributed by atoms with Gasteiger partial charge in [-0.2, -0.15) is 4.98 Å². The predicted molar refractivity (Wildman–Crippen MR) is 85.8 cm³/mol. The molecule has 0 radical (unpaired) electrons. The summed E-state index contributed by atoms with van der Waals surface area (Å²) >= 11 is 0. The molecular weight excluding hydrogens is 309 g/mol. The number of hydrogen-bond donors (Lipinski definition) is 1. The summed E-state index contributed by atoms with van der Waals surface area (Å²) in [5, 5.41) is 4.23. The molecule has 0 unspecified atom stereocenters. The fourth-order valence-corrected chi connectivity index (χ4v) is 4.13. The molecule has 2 fully saturated rings. The van der Waals surface area contributed by atoms with Crippen LogP contribution < -0.4 is 5.73 Å². The van der Waals surface area contributed by atoms with Gasteiger partial charge in [-0.15, -0.1) is 0 Å². The first kappa shape index (κ1) is 15.7. The van der Waals surface area contributed by atoms with E-state index in [4.69, 9.17) is 15.0 Å². The zero-order valence-corrected chi connectivity index (χ0v) is 13.6. The lowest BCUT2D eigenvalue weighted by atomic mass is 9.78. The second-order valence-corrected chi connectivity index (χ2v) is 6.80. The summed E-state index contributed by atoms with van der Waals surface area (Å²) in [5.41, 5.74) is 5.98. The second kappa shape index (κ2) is 6.26. The maximum absolute atomic E-state index is 14.5. The molecule has 2 aliphatic rings. The first-order valence-electron chi connectivity index (χ1n) is 8.65. The lowest BCUT2D eigenvalue weighted by Gasteiger charge is -2.26. The normalized spacial score (nSPS) is 26.1. The van der Waals surface area contributed by atoms with E-state index in [9.17, 15) is 4.39 Å². The number of nitrogens with zero attached hydrogens (tertiary/aromatic N) is 2. The van der Waals surface area contributed by atoms with Crippen molar-refractivity contribution in [3.8, 4) is 0 Å². The van der Waals surface area contributed by atoms with E-state index in [1.165, 1.54) is 6.07 Å². The average Bonchev–Trinajstić information content (AvgIpc) is 3.34. The van der Waals surface area contributed by atoms with Crippen LogP contribution >= 0.6 is 0 Å². The van der Waals surface area contributed by atoms with Gasteiger partial charge in [-0.05, 0) is 31.9 Å². The lowest BCUT2D eigenvalue weighted by molar-refractivity contribution is 0.0642. The van der Waals surface area contributed by atoms with E-state index >= 15 is 0 Å². The van der Waals surface area contributed by atoms with Crippen LogP contribution in [0.15, 0.2) is 28.8 Å². The Kier molecular flexibility index (Phi) is 4.10. The molecule has 24 heavy (non-hydrogen) atoms.